The summed E-state index contributed by atoms with van der Waals surface area (Å²) < 4.78 is 27.5. The molecule has 0 bridgehead atoms. The number of nitriles is 2. The fraction of sp³-hybridized carbons (Fsp3) is 0. The van der Waals surface area contributed by atoms with Crippen LogP contribution in [0, 0.1) is 44.4 Å². The van der Waals surface area contributed by atoms with Gasteiger partial charge in [0.25, 0.3) is 0 Å². The van der Waals surface area contributed by atoms with Gasteiger partial charge < -0.3 is 0 Å². The maximum Gasteiger partial charge on any atom is 0.328 e. The summed E-state index contributed by atoms with van der Waals surface area (Å²) in [5.74, 6) is -2.44. The Morgan fingerprint density at radius 2 is 2.00 bits per heavy atom. The molecule has 9 heteroatoms. The number of benzene rings is 1. The molecule has 7 nitrogen and oxygen atoms in total. The van der Waals surface area contributed by atoms with Gasteiger partial charge in [-0.3, -0.25) is 14.7 Å². The topological polar surface area (TPSA) is 109 Å². The first kappa shape index (κ1) is 13.1. The zero-order chi connectivity index (χ0) is 14.9. The Kier molecular flexibility index (Phi) is 3.11. The lowest BCUT2D eigenvalue weighted by atomic mass is 10.2. The number of imidazole rings is 1. The van der Waals surface area contributed by atoms with E-state index in [1.165, 1.54) is 0 Å². The molecule has 2 aromatic rings. The predicted octanol–water partition coefficient (Wildman–Crippen LogP) is 1.80. The van der Waals surface area contributed by atoms with Gasteiger partial charge in [-0.25, -0.2) is 9.37 Å². The molecule has 0 spiro atoms. The van der Waals surface area contributed by atoms with E-state index in [4.69, 9.17) is 10.5 Å². The normalized spacial score (nSPS) is 9.80. The first-order valence-electron chi connectivity index (χ1n) is 5.01. The average Bonchev–Trinajstić information content (AvgIpc) is 2.79. The standard InChI is InChI=1S/C11H3F2N5O2/c12-6-1-7(13)11(18(19)20)9(2-6)17-5-16-8(3-14)10(17)4-15/h1-2,5H. The molecule has 98 valence electrons. The summed E-state index contributed by atoms with van der Waals surface area (Å²) in [6, 6.07) is 4.25. The van der Waals surface area contributed by atoms with Crippen molar-refractivity contribution in [3.05, 3.63) is 51.6 Å². The van der Waals surface area contributed by atoms with E-state index < -0.39 is 27.9 Å². The van der Waals surface area contributed by atoms with Crippen LogP contribution in [0.2, 0.25) is 0 Å². The average molecular weight is 275 g/mol. The third-order valence-corrected chi connectivity index (χ3v) is 2.43. The summed E-state index contributed by atoms with van der Waals surface area (Å²) in [4.78, 5) is 13.4. The Morgan fingerprint density at radius 1 is 1.30 bits per heavy atom. The molecular formula is C11H3F2N5O2. The lowest BCUT2D eigenvalue weighted by Crippen LogP contribution is -2.05. The Hall–Kier alpha value is -3.33. The highest BCUT2D eigenvalue weighted by Crippen LogP contribution is 2.28. The predicted molar refractivity (Wildman–Crippen MR) is 59.6 cm³/mol. The van der Waals surface area contributed by atoms with Crippen LogP contribution in [0.15, 0.2) is 18.5 Å². The lowest BCUT2D eigenvalue weighted by Gasteiger charge is -2.05. The summed E-state index contributed by atoms with van der Waals surface area (Å²) >= 11 is 0. The van der Waals surface area contributed by atoms with Crippen molar-refractivity contribution in [2.24, 2.45) is 0 Å². The van der Waals surface area contributed by atoms with E-state index in [0.29, 0.717) is 12.1 Å². The molecule has 20 heavy (non-hydrogen) atoms. The smallest absolute Gasteiger partial charge is 0.283 e. The van der Waals surface area contributed by atoms with E-state index >= 15 is 0 Å². The second-order valence-corrected chi connectivity index (χ2v) is 3.55. The third kappa shape index (κ3) is 1.93. The van der Waals surface area contributed by atoms with Crippen molar-refractivity contribution in [2.45, 2.75) is 0 Å². The van der Waals surface area contributed by atoms with Crippen LogP contribution in [0.5, 0.6) is 0 Å². The molecule has 0 N–H and O–H groups in total. The van der Waals surface area contributed by atoms with Crippen molar-refractivity contribution in [2.75, 3.05) is 0 Å². The van der Waals surface area contributed by atoms with Crippen LogP contribution >= 0.6 is 0 Å². The number of rotatable bonds is 2. The van der Waals surface area contributed by atoms with Crippen LogP contribution in [0.25, 0.3) is 5.69 Å². The van der Waals surface area contributed by atoms with Crippen molar-refractivity contribution in [3.8, 4) is 17.8 Å². The summed E-state index contributed by atoms with van der Waals surface area (Å²) in [6.07, 6.45) is 0.915. The summed E-state index contributed by atoms with van der Waals surface area (Å²) in [5.41, 5.74) is -2.17. The molecule has 0 aliphatic rings. The van der Waals surface area contributed by atoms with Gasteiger partial charge in [0.15, 0.2) is 11.4 Å². The molecule has 0 amide bonds. The molecule has 0 fully saturated rings. The van der Waals surface area contributed by atoms with Gasteiger partial charge in [0, 0.05) is 12.1 Å². The second-order valence-electron chi connectivity index (χ2n) is 3.55. The molecule has 0 saturated heterocycles. The fourth-order valence-electron chi connectivity index (χ4n) is 1.64. The first-order valence-corrected chi connectivity index (χ1v) is 5.01. The maximum atomic E-state index is 13.5. The number of aromatic nitrogens is 2. The molecule has 2 rings (SSSR count). The monoisotopic (exact) mass is 275 g/mol. The highest BCUT2D eigenvalue weighted by molar-refractivity contribution is 5.56. The quantitative estimate of drug-likeness (QED) is 0.613. The third-order valence-electron chi connectivity index (χ3n) is 2.43. The van der Waals surface area contributed by atoms with Crippen LogP contribution in [-0.4, -0.2) is 14.5 Å². The van der Waals surface area contributed by atoms with E-state index in [-0.39, 0.29) is 11.4 Å². The molecule has 1 aromatic carbocycles. The number of nitro groups is 1. The zero-order valence-corrected chi connectivity index (χ0v) is 9.54. The Morgan fingerprint density at radius 3 is 2.55 bits per heavy atom. The second kappa shape index (κ2) is 4.74. The van der Waals surface area contributed by atoms with Crippen LogP contribution in [-0.2, 0) is 0 Å². The molecule has 0 aliphatic heterocycles. The van der Waals surface area contributed by atoms with Crippen LogP contribution < -0.4 is 0 Å². The van der Waals surface area contributed by atoms with Gasteiger partial charge in [-0.15, -0.1) is 0 Å². The Labute approximate surface area is 110 Å². The van der Waals surface area contributed by atoms with Crippen molar-refractivity contribution in [3.63, 3.8) is 0 Å². The number of nitrogens with zero attached hydrogens (tertiary/aromatic N) is 5. The minimum absolute atomic E-state index is 0.300. The van der Waals surface area contributed by atoms with Crippen molar-refractivity contribution < 1.29 is 13.7 Å². The largest absolute Gasteiger partial charge is 0.328 e. The van der Waals surface area contributed by atoms with E-state index in [2.05, 4.69) is 4.98 Å². The lowest BCUT2D eigenvalue weighted by molar-refractivity contribution is -0.387. The number of nitro benzene ring substituents is 1. The van der Waals surface area contributed by atoms with Gasteiger partial charge in [0.05, 0.1) is 4.92 Å². The molecule has 0 unspecified atom stereocenters. The Bertz CT molecular complexity index is 800. The molecule has 0 radical (unpaired) electrons. The molecule has 1 aromatic heterocycles. The van der Waals surface area contributed by atoms with E-state index in [0.717, 1.165) is 10.9 Å². The van der Waals surface area contributed by atoms with Crippen LogP contribution in [0.4, 0.5) is 14.5 Å². The molecule has 0 atom stereocenters. The molecule has 0 saturated carbocycles. The minimum Gasteiger partial charge on any atom is -0.283 e. The number of halogens is 2. The minimum atomic E-state index is -1.39. The van der Waals surface area contributed by atoms with Gasteiger partial charge in [-0.05, 0) is 0 Å². The van der Waals surface area contributed by atoms with Crippen molar-refractivity contribution in [1.82, 2.24) is 9.55 Å². The van der Waals surface area contributed by atoms with E-state index in [1.807, 2.05) is 0 Å². The van der Waals surface area contributed by atoms with Gasteiger partial charge >= 0.3 is 5.69 Å². The summed E-state index contributed by atoms with van der Waals surface area (Å²) in [6.45, 7) is 0. The fourth-order valence-corrected chi connectivity index (χ4v) is 1.64. The zero-order valence-electron chi connectivity index (χ0n) is 9.54. The summed E-state index contributed by atoms with van der Waals surface area (Å²) in [5, 5.41) is 28.5. The van der Waals surface area contributed by atoms with Crippen LogP contribution in [0.3, 0.4) is 0 Å². The van der Waals surface area contributed by atoms with Gasteiger partial charge in [0.1, 0.15) is 30.0 Å². The number of hydrogen-bond acceptors (Lipinski definition) is 5. The highest BCUT2D eigenvalue weighted by atomic mass is 19.1. The molecular weight excluding hydrogens is 272 g/mol. The molecule has 1 heterocycles. The van der Waals surface area contributed by atoms with Crippen LogP contribution in [0.1, 0.15) is 11.4 Å². The van der Waals surface area contributed by atoms with Gasteiger partial charge in [-0.1, -0.05) is 0 Å². The van der Waals surface area contributed by atoms with Gasteiger partial charge in [-0.2, -0.15) is 14.9 Å². The maximum absolute atomic E-state index is 13.5. The SMILES string of the molecule is N#Cc1ncn(-c2cc(F)cc(F)c2[N+](=O)[O-])c1C#N. The number of hydrogen-bond donors (Lipinski definition) is 0. The molecule has 0 aliphatic carbocycles. The van der Waals surface area contributed by atoms with E-state index in [1.54, 1.807) is 12.1 Å². The Balaban J connectivity index is 2.84. The first-order chi connectivity index (χ1) is 9.49. The van der Waals surface area contributed by atoms with Crippen molar-refractivity contribution >= 4 is 5.69 Å². The van der Waals surface area contributed by atoms with Gasteiger partial charge in [0.2, 0.25) is 5.82 Å². The van der Waals surface area contributed by atoms with E-state index in [9.17, 15) is 18.9 Å². The van der Waals surface area contributed by atoms with Crippen molar-refractivity contribution in [1.29, 1.82) is 10.5 Å². The summed E-state index contributed by atoms with van der Waals surface area (Å²) in [7, 11) is 0. The highest BCUT2D eigenvalue weighted by Gasteiger charge is 2.25.